The Morgan fingerprint density at radius 3 is 2.91 bits per heavy atom. The predicted molar refractivity (Wildman–Crippen MR) is 44.0 cm³/mol. The molecule has 0 N–H and O–H groups in total. The number of hydrogen-bond acceptors (Lipinski definition) is 0. The first-order valence-corrected chi connectivity index (χ1v) is 5.37. The summed E-state index contributed by atoms with van der Waals surface area (Å²) in [5, 5.41) is 0. The lowest BCUT2D eigenvalue weighted by Crippen LogP contribution is -2.50. The molecule has 0 nitrogen and oxygen atoms in total. The highest BCUT2D eigenvalue weighted by Crippen LogP contribution is 2.87. The quantitative estimate of drug-likeness (QED) is 0.536. The Labute approximate surface area is 68.4 Å². The molecule has 0 aromatic rings. The van der Waals surface area contributed by atoms with Crippen LogP contribution in [-0.4, -0.2) is 0 Å². The minimum absolute atomic E-state index is 0.994. The van der Waals surface area contributed by atoms with Crippen molar-refractivity contribution in [2.24, 2.45) is 35.0 Å². The molecule has 0 bridgehead atoms. The Kier molecular flexibility index (Phi) is 0.661. The van der Waals surface area contributed by atoms with E-state index in [-0.39, 0.29) is 0 Å². The Bertz CT molecular complexity index is 228. The maximum Gasteiger partial charge on any atom is -0.0227 e. The second-order valence-electron chi connectivity index (χ2n) is 5.51. The van der Waals surface area contributed by atoms with Gasteiger partial charge >= 0.3 is 0 Å². The Hall–Kier alpha value is 0. The van der Waals surface area contributed by atoms with Crippen LogP contribution in [0.2, 0.25) is 0 Å². The second kappa shape index (κ2) is 1.30. The first-order chi connectivity index (χ1) is 5.37. The molecule has 0 aliphatic heterocycles. The Morgan fingerprint density at radius 2 is 2.27 bits per heavy atom. The van der Waals surface area contributed by atoms with Crippen molar-refractivity contribution >= 4 is 0 Å². The number of rotatable bonds is 1. The van der Waals surface area contributed by atoms with E-state index in [0.29, 0.717) is 0 Å². The molecule has 11 heavy (non-hydrogen) atoms. The van der Waals surface area contributed by atoms with E-state index in [2.05, 4.69) is 6.92 Å². The molecule has 1 spiro atoms. The van der Waals surface area contributed by atoms with Gasteiger partial charge in [-0.05, 0) is 54.3 Å². The van der Waals surface area contributed by atoms with Gasteiger partial charge < -0.3 is 0 Å². The fraction of sp³-hybridized carbons (Fsp3) is 1.00. The third-order valence-electron chi connectivity index (χ3n) is 5.57. The maximum absolute atomic E-state index is 2.41. The van der Waals surface area contributed by atoms with Crippen LogP contribution in [0.4, 0.5) is 0 Å². The lowest BCUT2D eigenvalue weighted by molar-refractivity contribution is -0.0876. The highest BCUT2D eigenvalue weighted by Gasteiger charge is 2.80. The van der Waals surface area contributed by atoms with Crippen molar-refractivity contribution in [2.45, 2.75) is 32.6 Å². The van der Waals surface area contributed by atoms with Gasteiger partial charge in [-0.2, -0.15) is 0 Å². The molecular weight excluding hydrogens is 132 g/mol. The van der Waals surface area contributed by atoms with Gasteiger partial charge in [0.2, 0.25) is 0 Å². The third kappa shape index (κ3) is 0.363. The van der Waals surface area contributed by atoms with Gasteiger partial charge in [-0.15, -0.1) is 0 Å². The van der Waals surface area contributed by atoms with Crippen LogP contribution in [0, 0.1) is 35.0 Å². The van der Waals surface area contributed by atoms with Crippen molar-refractivity contribution in [3.63, 3.8) is 0 Å². The predicted octanol–water partition coefficient (Wildman–Crippen LogP) is 2.69. The van der Waals surface area contributed by atoms with Crippen molar-refractivity contribution < 1.29 is 0 Å². The van der Waals surface area contributed by atoms with E-state index in [0.717, 1.165) is 5.41 Å². The van der Waals surface area contributed by atoms with Crippen molar-refractivity contribution in [3.05, 3.63) is 0 Å². The molecule has 0 heterocycles. The van der Waals surface area contributed by atoms with E-state index < -0.39 is 0 Å². The van der Waals surface area contributed by atoms with E-state index in [1.807, 2.05) is 0 Å². The topological polar surface area (TPSA) is 0 Å². The highest BCUT2D eigenvalue weighted by atomic mass is 14.8. The zero-order valence-corrected chi connectivity index (χ0v) is 7.22. The molecule has 6 unspecified atom stereocenters. The normalized spacial score (nSPS) is 74.5. The monoisotopic (exact) mass is 148 g/mol. The summed E-state index contributed by atoms with van der Waals surface area (Å²) in [4.78, 5) is 0. The highest BCUT2D eigenvalue weighted by molar-refractivity contribution is 5.29. The van der Waals surface area contributed by atoms with Crippen LogP contribution < -0.4 is 0 Å². The van der Waals surface area contributed by atoms with Crippen molar-refractivity contribution in [1.82, 2.24) is 0 Å². The lowest BCUT2D eigenvalue weighted by atomic mass is 9.47. The molecule has 0 saturated heterocycles. The van der Waals surface area contributed by atoms with E-state index >= 15 is 0 Å². The molecule has 4 aliphatic rings. The van der Waals surface area contributed by atoms with Gasteiger partial charge in [-0.3, -0.25) is 0 Å². The molecule has 0 heteroatoms. The van der Waals surface area contributed by atoms with Gasteiger partial charge in [0.1, 0.15) is 0 Å². The minimum Gasteiger partial charge on any atom is -0.0651 e. The zero-order chi connectivity index (χ0) is 7.22. The van der Waals surface area contributed by atoms with E-state index in [1.165, 1.54) is 36.0 Å². The van der Waals surface area contributed by atoms with Crippen LogP contribution >= 0.6 is 0 Å². The van der Waals surface area contributed by atoms with Crippen LogP contribution in [0.25, 0.3) is 0 Å². The Balaban J connectivity index is 1.78. The molecule has 4 saturated carbocycles. The summed E-state index contributed by atoms with van der Waals surface area (Å²) in [5.74, 6) is 6.11. The molecule has 4 aliphatic carbocycles. The average Bonchev–Trinajstić information content (AvgIpc) is 2.59. The van der Waals surface area contributed by atoms with Crippen LogP contribution in [0.3, 0.4) is 0 Å². The van der Waals surface area contributed by atoms with Gasteiger partial charge in [0.25, 0.3) is 0 Å². The molecular formula is C11H16. The fourth-order valence-electron chi connectivity index (χ4n) is 5.24. The molecule has 0 amide bonds. The molecule has 6 atom stereocenters. The van der Waals surface area contributed by atoms with E-state index in [1.54, 1.807) is 19.3 Å². The first kappa shape index (κ1) is 5.61. The minimum atomic E-state index is 0.994. The molecule has 4 fully saturated rings. The lowest BCUT2D eigenvalue weighted by Gasteiger charge is -2.57. The summed E-state index contributed by atoms with van der Waals surface area (Å²) in [5.41, 5.74) is 0.994. The first-order valence-electron chi connectivity index (χ1n) is 5.37. The summed E-state index contributed by atoms with van der Waals surface area (Å²) in [6.07, 6.45) is 6.40. The van der Waals surface area contributed by atoms with Crippen LogP contribution in [0.15, 0.2) is 0 Å². The molecule has 0 aromatic heterocycles. The van der Waals surface area contributed by atoms with E-state index in [4.69, 9.17) is 0 Å². The SMILES string of the molecule is CCC1C2CC3CC4(CC14)C32. The van der Waals surface area contributed by atoms with Crippen LogP contribution in [-0.2, 0) is 0 Å². The van der Waals surface area contributed by atoms with Crippen molar-refractivity contribution in [3.8, 4) is 0 Å². The summed E-state index contributed by atoms with van der Waals surface area (Å²) in [6.45, 7) is 2.41. The summed E-state index contributed by atoms with van der Waals surface area (Å²) in [6, 6.07) is 0. The van der Waals surface area contributed by atoms with Gasteiger partial charge in [0, 0.05) is 0 Å². The van der Waals surface area contributed by atoms with Gasteiger partial charge in [0.05, 0.1) is 0 Å². The molecule has 4 rings (SSSR count). The van der Waals surface area contributed by atoms with Gasteiger partial charge in [-0.25, -0.2) is 0 Å². The standard InChI is InChI=1S/C11H16/c1-2-7-8-3-6-4-11(10(6)8)5-9(7)11/h6-10H,2-5H2,1H3. The summed E-state index contributed by atoms with van der Waals surface area (Å²) < 4.78 is 0. The smallest absolute Gasteiger partial charge is 0.0227 e. The molecule has 0 aromatic carbocycles. The van der Waals surface area contributed by atoms with Crippen LogP contribution in [0.5, 0.6) is 0 Å². The average molecular weight is 148 g/mol. The summed E-state index contributed by atoms with van der Waals surface area (Å²) in [7, 11) is 0. The van der Waals surface area contributed by atoms with Crippen molar-refractivity contribution in [2.75, 3.05) is 0 Å². The van der Waals surface area contributed by atoms with Gasteiger partial charge in [-0.1, -0.05) is 13.3 Å². The zero-order valence-electron chi connectivity index (χ0n) is 7.22. The third-order valence-corrected chi connectivity index (χ3v) is 5.57. The molecule has 0 radical (unpaired) electrons. The van der Waals surface area contributed by atoms with Crippen molar-refractivity contribution in [1.29, 1.82) is 0 Å². The van der Waals surface area contributed by atoms with E-state index in [9.17, 15) is 0 Å². The second-order valence-corrected chi connectivity index (χ2v) is 5.51. The Morgan fingerprint density at radius 1 is 1.36 bits per heavy atom. The van der Waals surface area contributed by atoms with Crippen LogP contribution in [0.1, 0.15) is 32.6 Å². The maximum atomic E-state index is 2.41. The number of hydrogen-bond donors (Lipinski definition) is 0. The summed E-state index contributed by atoms with van der Waals surface area (Å²) >= 11 is 0. The van der Waals surface area contributed by atoms with Gasteiger partial charge in [0.15, 0.2) is 0 Å². The largest absolute Gasteiger partial charge is 0.0651 e. The fourth-order valence-corrected chi connectivity index (χ4v) is 5.24. The molecule has 60 valence electrons.